The molecule has 5 heteroatoms. The number of anilines is 1. The molecular formula is C28H38N2O3. The molecule has 1 saturated carbocycles. The lowest BCUT2D eigenvalue weighted by molar-refractivity contribution is -0.139. The third kappa shape index (κ3) is 5.57. The summed E-state index contributed by atoms with van der Waals surface area (Å²) >= 11 is 0. The Morgan fingerprint density at radius 2 is 1.82 bits per heavy atom. The zero-order chi connectivity index (χ0) is 23.4. The van der Waals surface area contributed by atoms with Crippen LogP contribution < -0.4 is 4.90 Å². The molecule has 0 bridgehead atoms. The Morgan fingerprint density at radius 3 is 2.55 bits per heavy atom. The molecule has 1 aliphatic heterocycles. The summed E-state index contributed by atoms with van der Waals surface area (Å²) < 4.78 is 5.61. The number of ketones is 1. The van der Waals surface area contributed by atoms with E-state index in [9.17, 15) is 9.59 Å². The number of ether oxygens (including phenoxy) is 1. The molecular weight excluding hydrogens is 412 g/mol. The summed E-state index contributed by atoms with van der Waals surface area (Å²) in [6.45, 7) is 13.8. The van der Waals surface area contributed by atoms with E-state index in [-0.39, 0.29) is 17.7 Å². The van der Waals surface area contributed by atoms with Crippen LogP contribution in [0.15, 0.2) is 53.6 Å². The topological polar surface area (TPSA) is 49.9 Å². The number of hydrogen-bond acceptors (Lipinski definition) is 5. The van der Waals surface area contributed by atoms with Gasteiger partial charge in [0.2, 0.25) is 0 Å². The van der Waals surface area contributed by atoms with Crippen LogP contribution in [0.2, 0.25) is 0 Å². The molecule has 1 saturated heterocycles. The van der Waals surface area contributed by atoms with Gasteiger partial charge in [0.05, 0.1) is 6.61 Å². The summed E-state index contributed by atoms with van der Waals surface area (Å²) in [5.74, 6) is 0.945. The largest absolute Gasteiger partial charge is 0.462 e. The van der Waals surface area contributed by atoms with Gasteiger partial charge < -0.3 is 9.64 Å². The first-order valence-electron chi connectivity index (χ1n) is 12.5. The fraction of sp³-hybridized carbons (Fsp3) is 0.571. The molecule has 3 aliphatic rings. The van der Waals surface area contributed by atoms with E-state index in [1.807, 2.05) is 6.92 Å². The summed E-state index contributed by atoms with van der Waals surface area (Å²) in [4.78, 5) is 29.8. The van der Waals surface area contributed by atoms with Gasteiger partial charge in [0.15, 0.2) is 5.78 Å². The lowest BCUT2D eigenvalue weighted by atomic mass is 9.86. The number of carbonyl (C=O) groups is 2. The number of allylic oxidation sites excluding steroid dienone is 2. The number of rotatable bonds is 7. The van der Waals surface area contributed by atoms with E-state index in [2.05, 4.69) is 53.6 Å². The van der Waals surface area contributed by atoms with Gasteiger partial charge in [0.1, 0.15) is 0 Å². The van der Waals surface area contributed by atoms with E-state index in [0.717, 1.165) is 64.0 Å². The van der Waals surface area contributed by atoms with Crippen LogP contribution in [0.4, 0.5) is 5.69 Å². The van der Waals surface area contributed by atoms with E-state index in [1.165, 1.54) is 11.3 Å². The minimum atomic E-state index is -0.262. The van der Waals surface area contributed by atoms with Gasteiger partial charge in [-0.25, -0.2) is 4.79 Å². The van der Waals surface area contributed by atoms with Crippen LogP contribution in [0, 0.1) is 17.8 Å². The first-order valence-corrected chi connectivity index (χ1v) is 12.5. The molecule has 2 aliphatic carbocycles. The predicted octanol–water partition coefficient (Wildman–Crippen LogP) is 4.64. The molecule has 0 aromatic heterocycles. The molecule has 0 N–H and O–H groups in total. The van der Waals surface area contributed by atoms with Gasteiger partial charge in [-0.1, -0.05) is 37.3 Å². The second-order valence-electron chi connectivity index (χ2n) is 10.0. The molecule has 1 aromatic carbocycles. The zero-order valence-electron chi connectivity index (χ0n) is 20.2. The van der Waals surface area contributed by atoms with Crippen LogP contribution in [0.5, 0.6) is 0 Å². The number of piperazine rings is 1. The molecule has 0 unspecified atom stereocenters. The molecule has 1 heterocycles. The third-order valence-electron chi connectivity index (χ3n) is 7.98. The van der Waals surface area contributed by atoms with Gasteiger partial charge in [0.25, 0.3) is 0 Å². The molecule has 0 radical (unpaired) electrons. The summed E-state index contributed by atoms with van der Waals surface area (Å²) in [6.07, 6.45) is 4.24. The highest BCUT2D eigenvalue weighted by Gasteiger charge is 2.38. The van der Waals surface area contributed by atoms with E-state index in [0.29, 0.717) is 30.4 Å². The van der Waals surface area contributed by atoms with Crippen LogP contribution in [0.1, 0.15) is 46.0 Å². The van der Waals surface area contributed by atoms with Crippen molar-refractivity contribution in [1.82, 2.24) is 4.90 Å². The van der Waals surface area contributed by atoms with Crippen LogP contribution >= 0.6 is 0 Å². The van der Waals surface area contributed by atoms with Gasteiger partial charge in [-0.15, -0.1) is 0 Å². The second kappa shape index (κ2) is 10.7. The number of Topliss-reactive ketones (excluding diaryl/α,β-unsaturated/α-hetero) is 1. The number of fused-ring (bicyclic) bond motifs is 1. The Labute approximate surface area is 198 Å². The van der Waals surface area contributed by atoms with Crippen molar-refractivity contribution in [3.05, 3.63) is 53.6 Å². The second-order valence-corrected chi connectivity index (χ2v) is 10.0. The highest BCUT2D eigenvalue weighted by atomic mass is 16.5. The van der Waals surface area contributed by atoms with Gasteiger partial charge in [0, 0.05) is 50.4 Å². The van der Waals surface area contributed by atoms with Crippen molar-refractivity contribution in [2.75, 3.05) is 44.2 Å². The predicted molar refractivity (Wildman–Crippen MR) is 132 cm³/mol. The van der Waals surface area contributed by atoms with Crippen molar-refractivity contribution in [3.63, 3.8) is 0 Å². The van der Waals surface area contributed by atoms with E-state index < -0.39 is 0 Å². The molecule has 178 valence electrons. The number of carbonyl (C=O) groups excluding carboxylic acids is 2. The average molecular weight is 451 g/mol. The van der Waals surface area contributed by atoms with Gasteiger partial charge >= 0.3 is 5.97 Å². The summed E-state index contributed by atoms with van der Waals surface area (Å²) in [6, 6.07) is 10.6. The minimum Gasteiger partial charge on any atom is -0.462 e. The summed E-state index contributed by atoms with van der Waals surface area (Å²) in [7, 11) is 0. The van der Waals surface area contributed by atoms with Crippen molar-refractivity contribution < 1.29 is 14.3 Å². The Morgan fingerprint density at radius 1 is 1.09 bits per heavy atom. The van der Waals surface area contributed by atoms with E-state index in [1.54, 1.807) is 0 Å². The molecule has 0 spiro atoms. The molecule has 2 fully saturated rings. The van der Waals surface area contributed by atoms with Crippen LogP contribution in [-0.4, -0.2) is 56.0 Å². The fourth-order valence-electron chi connectivity index (χ4n) is 5.69. The van der Waals surface area contributed by atoms with Crippen LogP contribution in [0.25, 0.3) is 0 Å². The monoisotopic (exact) mass is 450 g/mol. The maximum absolute atomic E-state index is 12.7. The first-order chi connectivity index (χ1) is 15.9. The van der Waals surface area contributed by atoms with E-state index >= 15 is 0 Å². The third-order valence-corrected chi connectivity index (χ3v) is 7.98. The van der Waals surface area contributed by atoms with Crippen molar-refractivity contribution >= 4 is 17.4 Å². The molecule has 3 atom stereocenters. The smallest absolute Gasteiger partial charge is 0.333 e. The van der Waals surface area contributed by atoms with Crippen molar-refractivity contribution in [2.24, 2.45) is 17.8 Å². The lowest BCUT2D eigenvalue weighted by Gasteiger charge is -2.36. The maximum Gasteiger partial charge on any atom is 0.333 e. The zero-order valence-corrected chi connectivity index (χ0v) is 20.2. The van der Waals surface area contributed by atoms with Gasteiger partial charge in [-0.3, -0.25) is 9.69 Å². The van der Waals surface area contributed by atoms with Crippen molar-refractivity contribution in [2.45, 2.75) is 46.0 Å². The highest BCUT2D eigenvalue weighted by molar-refractivity contribution is 5.98. The quantitative estimate of drug-likeness (QED) is 0.344. The van der Waals surface area contributed by atoms with Crippen LogP contribution in [0.3, 0.4) is 0 Å². The SMILES string of the molecule is C=C(C(=O)OCCCN1CCN(c2ccccc2)CC1)[C@@H]1CC[C@H](C)[C@@H]2CC(=O)C(C)=C2C1. The van der Waals surface area contributed by atoms with Crippen LogP contribution in [-0.2, 0) is 14.3 Å². The molecule has 1 aromatic rings. The van der Waals surface area contributed by atoms with E-state index in [4.69, 9.17) is 4.74 Å². The molecule has 33 heavy (non-hydrogen) atoms. The highest BCUT2D eigenvalue weighted by Crippen LogP contribution is 2.45. The lowest BCUT2D eigenvalue weighted by Crippen LogP contribution is -2.46. The summed E-state index contributed by atoms with van der Waals surface area (Å²) in [5, 5.41) is 0. The average Bonchev–Trinajstić information content (AvgIpc) is 3.02. The van der Waals surface area contributed by atoms with Crippen molar-refractivity contribution in [3.8, 4) is 0 Å². The minimum absolute atomic E-state index is 0.0897. The molecule has 4 rings (SSSR count). The van der Waals surface area contributed by atoms with Gasteiger partial charge in [-0.2, -0.15) is 0 Å². The standard InChI is InChI=1S/C28H38N2O3/c1-20-10-11-23(18-26-22(3)27(31)19-25(20)26)21(2)28(32)33-17-7-12-29-13-15-30(16-14-29)24-8-5-4-6-9-24/h4-6,8-9,20,23,25H,2,7,10-19H2,1,3H3/t20-,23+,25-/m0/s1. The van der Waals surface area contributed by atoms with Gasteiger partial charge in [-0.05, 0) is 68.1 Å². The molecule has 5 nitrogen and oxygen atoms in total. The Balaban J connectivity index is 1.19. The first kappa shape index (κ1) is 23.7. The molecule has 0 amide bonds. The number of benzene rings is 1. The summed E-state index contributed by atoms with van der Waals surface area (Å²) in [5.41, 5.74) is 4.06. The number of hydrogen-bond donors (Lipinski definition) is 0. The normalized spacial score (nSPS) is 26.2. The maximum atomic E-state index is 12.7. The number of esters is 1. The Bertz CT molecular complexity index is 899. The fourth-order valence-corrected chi connectivity index (χ4v) is 5.69. The Hall–Kier alpha value is -2.40. The number of para-hydroxylation sites is 1. The van der Waals surface area contributed by atoms with Crippen molar-refractivity contribution in [1.29, 1.82) is 0 Å². The number of nitrogens with zero attached hydrogens (tertiary/aromatic N) is 2. The Kier molecular flexibility index (Phi) is 7.69.